The summed E-state index contributed by atoms with van der Waals surface area (Å²) >= 11 is 0. The lowest BCUT2D eigenvalue weighted by Gasteiger charge is -2.20. The molecule has 0 atom stereocenters. The minimum absolute atomic E-state index is 0.0515. The summed E-state index contributed by atoms with van der Waals surface area (Å²) in [4.78, 5) is 4.92. The van der Waals surface area contributed by atoms with Gasteiger partial charge in [0, 0.05) is 50.3 Å². The number of pyridine rings is 1. The van der Waals surface area contributed by atoms with E-state index in [4.69, 9.17) is 14.1 Å². The van der Waals surface area contributed by atoms with Crippen LogP contribution in [0.4, 0.5) is 0 Å². The molecule has 17 rings (SSSR count). The van der Waals surface area contributed by atoms with E-state index in [2.05, 4.69) is 109 Å². The van der Waals surface area contributed by atoms with Crippen LogP contribution in [0.5, 0.6) is 11.5 Å². The molecule has 1 aliphatic rings. The lowest BCUT2D eigenvalue weighted by molar-refractivity contribution is -0.570. The average Bonchev–Trinajstić information content (AvgIpc) is 1.56. The van der Waals surface area contributed by atoms with Gasteiger partial charge in [0.15, 0.2) is 0 Å². The second-order valence-electron chi connectivity index (χ2n) is 22.3. The van der Waals surface area contributed by atoms with Crippen LogP contribution in [0, 0.1) is 6.33 Å². The van der Waals surface area contributed by atoms with E-state index >= 15 is 0 Å². The number of benzene rings is 11. The van der Waals surface area contributed by atoms with E-state index < -0.39 is 36.3 Å². The van der Waals surface area contributed by atoms with Gasteiger partial charge in [-0.1, -0.05) is 172 Å². The lowest BCUT2D eigenvalue weighted by Crippen LogP contribution is -2.32. The van der Waals surface area contributed by atoms with Crippen molar-refractivity contribution in [3.63, 3.8) is 0 Å². The Morgan fingerprint density at radius 1 is 0.458 bits per heavy atom. The summed E-state index contributed by atoms with van der Waals surface area (Å²) in [5.74, 6) is 1.90. The predicted octanol–water partition coefficient (Wildman–Crippen LogP) is 19.3. The monoisotopic (exact) mass is 1070 g/mol. The second kappa shape index (κ2) is 17.9. The van der Waals surface area contributed by atoms with E-state index in [0.717, 1.165) is 76.9 Å². The van der Waals surface area contributed by atoms with Crippen molar-refractivity contribution in [2.45, 2.75) is 26.2 Å². The Bertz CT molecular complexity index is 5820. The molecule has 11 aromatic carbocycles. The van der Waals surface area contributed by atoms with Crippen LogP contribution in [0.25, 0.3) is 144 Å². The summed E-state index contributed by atoms with van der Waals surface area (Å²) in [7, 11) is 0. The van der Waals surface area contributed by atoms with Crippen molar-refractivity contribution in [2.75, 3.05) is 0 Å². The molecule has 0 N–H and O–H groups in total. The van der Waals surface area contributed by atoms with E-state index in [9.17, 15) is 11.0 Å². The molecule has 0 fully saturated rings. The van der Waals surface area contributed by atoms with Crippen LogP contribution in [0.2, 0.25) is 0 Å². The molecule has 6 heterocycles. The zero-order valence-electron chi connectivity index (χ0n) is 53.2. The Morgan fingerprint density at radius 2 is 1.06 bits per heavy atom. The highest BCUT2D eigenvalue weighted by Gasteiger charge is 2.29. The highest BCUT2D eigenvalue weighted by Crippen LogP contribution is 2.47. The smallest absolute Gasteiger partial charge is 0.269 e. The molecular weight excluding hydrogens is 1010 g/mol. The van der Waals surface area contributed by atoms with E-state index in [1.54, 1.807) is 0 Å². The third-order valence-corrected chi connectivity index (χ3v) is 16.5. The van der Waals surface area contributed by atoms with Gasteiger partial charge >= 0.3 is 0 Å². The quantitative estimate of drug-likeness (QED) is 0.123. The van der Waals surface area contributed by atoms with Crippen LogP contribution in [-0.4, -0.2) is 18.7 Å². The molecule has 0 bridgehead atoms. The molecule has 0 saturated carbocycles. The normalized spacial score (nSPS) is 13.6. The summed E-state index contributed by atoms with van der Waals surface area (Å²) in [6, 6.07) is 62.5. The van der Waals surface area contributed by atoms with Crippen LogP contribution in [0.3, 0.4) is 0 Å². The van der Waals surface area contributed by atoms with Crippen molar-refractivity contribution >= 4 is 76.6 Å². The molecule has 7 heteroatoms. The fraction of sp³-hybridized carbons (Fsp3) is 0.0526. The molecule has 0 amide bonds. The van der Waals surface area contributed by atoms with E-state index in [-0.39, 0.29) is 39.8 Å². The highest BCUT2D eigenvalue weighted by molar-refractivity contribution is 6.12. The molecule has 83 heavy (non-hydrogen) atoms. The lowest BCUT2D eigenvalue weighted by atomic mass is 9.88. The minimum atomic E-state index is -0.549. The Balaban J connectivity index is 0.979. The van der Waals surface area contributed by atoms with Gasteiger partial charge in [-0.05, 0) is 146 Å². The van der Waals surface area contributed by atoms with Gasteiger partial charge in [0.2, 0.25) is 0 Å². The number of hydrogen-bond donors (Lipinski definition) is 0. The maximum absolute atomic E-state index is 10.1. The molecule has 5 aromatic heterocycles. The fourth-order valence-electron chi connectivity index (χ4n) is 12.7. The molecule has 0 unspecified atom stereocenters. The number of para-hydroxylation sites is 5. The zero-order valence-corrected chi connectivity index (χ0v) is 45.2. The molecule has 0 radical (unpaired) electrons. The summed E-state index contributed by atoms with van der Waals surface area (Å²) in [6.07, 6.45) is 5.70. The molecule has 392 valence electrons. The number of aromatic nitrogens is 5. The van der Waals surface area contributed by atoms with Crippen LogP contribution in [0.15, 0.2) is 259 Å². The van der Waals surface area contributed by atoms with Crippen LogP contribution < -0.4 is 9.30 Å². The van der Waals surface area contributed by atoms with Gasteiger partial charge in [-0.15, -0.1) is 0 Å². The maximum atomic E-state index is 10.1. The van der Waals surface area contributed by atoms with Crippen molar-refractivity contribution in [3.05, 3.63) is 267 Å². The number of furan rings is 1. The highest BCUT2D eigenvalue weighted by atomic mass is 16.5. The van der Waals surface area contributed by atoms with Crippen molar-refractivity contribution < 1.29 is 24.7 Å². The fourth-order valence-corrected chi connectivity index (χ4v) is 12.7. The first-order valence-electron chi connectivity index (χ1n) is 31.7. The van der Waals surface area contributed by atoms with Gasteiger partial charge in [-0.2, -0.15) is 0 Å². The number of imidazole rings is 1. The summed E-state index contributed by atoms with van der Waals surface area (Å²) in [5.41, 5.74) is 11.1. The van der Waals surface area contributed by atoms with Crippen molar-refractivity contribution in [2.24, 2.45) is 0 Å². The zero-order chi connectivity index (χ0) is 62.0. The number of hydrogen-bond acceptors (Lipinski definition) is 3. The Labute approximate surface area is 489 Å². The van der Waals surface area contributed by atoms with Gasteiger partial charge in [0.25, 0.3) is 6.33 Å². The number of nitrogens with zero attached hydrogens (tertiary/aromatic N) is 5. The van der Waals surface area contributed by atoms with Gasteiger partial charge in [-0.25, -0.2) is 4.98 Å². The topological polar surface area (TPSA) is 53.9 Å². The molecular formula is C76H51N5O2. The first kappa shape index (κ1) is 39.6. The Morgan fingerprint density at radius 3 is 1.78 bits per heavy atom. The van der Waals surface area contributed by atoms with Gasteiger partial charge in [-0.3, -0.25) is 13.7 Å². The van der Waals surface area contributed by atoms with E-state index in [1.165, 1.54) is 0 Å². The molecule has 0 aliphatic carbocycles. The predicted molar refractivity (Wildman–Crippen MR) is 338 cm³/mol. The van der Waals surface area contributed by atoms with Crippen LogP contribution in [-0.2, 0) is 5.41 Å². The van der Waals surface area contributed by atoms with Crippen LogP contribution >= 0.6 is 0 Å². The Hall–Kier alpha value is -10.8. The number of ether oxygens (including phenoxy) is 1. The van der Waals surface area contributed by atoms with E-state index in [0.29, 0.717) is 61.9 Å². The van der Waals surface area contributed by atoms with Gasteiger partial charge in [0.1, 0.15) is 28.5 Å². The SMILES string of the molecule is [2H]c1c([2H])c([2H])c2c(c1[2H])-c1cccc(-c3ccc4oc5ccccc5c4c3)c1-[n+]1[c-]n(-c3cccc(Oc4ccc5c6ccccc6n(-c6cc(C(C)(C)C)ccn6)c5c4)c3)c3cc(-n4c5ccccc5c5ccccc54)cc(c31)-c1c([2H])c([2H])c([2H])c([2H])c1-2. The van der Waals surface area contributed by atoms with Crippen molar-refractivity contribution in [1.29, 1.82) is 0 Å². The minimum Gasteiger partial charge on any atom is -0.458 e. The number of rotatable bonds is 6. The van der Waals surface area contributed by atoms with E-state index in [1.807, 2.05) is 143 Å². The van der Waals surface area contributed by atoms with Crippen molar-refractivity contribution in [1.82, 2.24) is 18.7 Å². The van der Waals surface area contributed by atoms with Gasteiger partial charge in [0.05, 0.1) is 55.4 Å². The third-order valence-electron chi connectivity index (χ3n) is 16.5. The maximum Gasteiger partial charge on any atom is 0.269 e. The first-order chi connectivity index (χ1) is 44.1. The average molecular weight is 1070 g/mol. The summed E-state index contributed by atoms with van der Waals surface area (Å²) in [6.45, 7) is 6.59. The number of fused-ring (bicyclic) bond motifs is 16. The molecule has 0 spiro atoms. The van der Waals surface area contributed by atoms with Gasteiger partial charge < -0.3 is 13.7 Å². The Kier molecular flexibility index (Phi) is 8.52. The second-order valence-corrected chi connectivity index (χ2v) is 22.3. The molecule has 0 saturated heterocycles. The molecule has 7 nitrogen and oxygen atoms in total. The molecule has 16 aromatic rings. The standard InChI is InChI=1S/C76H51N5O2/c1-76(2,3)48-38-39-77-73(41-48)81-68-32-14-10-26-60(68)61-36-35-52(45-69(61)81)82-51-19-16-18-49(42-51)78-46-79-74-53(47-34-37-72-64(40-47)62-27-11-15-33-71(62)83-72)28-17-29-63(74)56-22-6-4-20-54(56)55-21-5-7-23-57(55)65-43-50(44-70(78)75(65)79)80-66-30-12-8-24-58(66)59-25-9-13-31-67(59)80/h4-45H,1-3H3/i4D,5D,6D,7D,20D,21D,22D,23D. The summed E-state index contributed by atoms with van der Waals surface area (Å²) in [5, 5.41) is 5.91. The third kappa shape index (κ3) is 7.24. The van der Waals surface area contributed by atoms with Crippen molar-refractivity contribution in [3.8, 4) is 78.9 Å². The summed E-state index contributed by atoms with van der Waals surface area (Å²) < 4.78 is 98.8. The largest absolute Gasteiger partial charge is 0.458 e. The first-order valence-corrected chi connectivity index (χ1v) is 27.7. The molecule has 1 aliphatic heterocycles. The van der Waals surface area contributed by atoms with Crippen LogP contribution in [0.1, 0.15) is 37.3 Å².